The van der Waals surface area contributed by atoms with Crippen LogP contribution >= 0.6 is 0 Å². The predicted octanol–water partition coefficient (Wildman–Crippen LogP) is 2.34. The molecule has 6 heteroatoms. The van der Waals surface area contributed by atoms with Crippen LogP contribution in [0.3, 0.4) is 0 Å². The SMILES string of the molecule is COc1ccc(S(=O)(=O)NCCN2CCc3ccccc32)cc1C. The van der Waals surface area contributed by atoms with Crippen molar-refractivity contribution >= 4 is 15.7 Å². The summed E-state index contributed by atoms with van der Waals surface area (Å²) < 4.78 is 32.7. The molecule has 0 spiro atoms. The number of para-hydroxylation sites is 1. The smallest absolute Gasteiger partial charge is 0.240 e. The van der Waals surface area contributed by atoms with Gasteiger partial charge in [-0.15, -0.1) is 0 Å². The molecule has 0 bridgehead atoms. The van der Waals surface area contributed by atoms with Crippen molar-refractivity contribution in [1.82, 2.24) is 4.72 Å². The average molecular weight is 346 g/mol. The van der Waals surface area contributed by atoms with Gasteiger partial charge in [0, 0.05) is 25.3 Å². The minimum atomic E-state index is -3.51. The van der Waals surface area contributed by atoms with E-state index >= 15 is 0 Å². The molecule has 0 aliphatic carbocycles. The van der Waals surface area contributed by atoms with Gasteiger partial charge in [0.2, 0.25) is 10.0 Å². The van der Waals surface area contributed by atoms with Crippen LogP contribution in [0.4, 0.5) is 5.69 Å². The first-order valence-corrected chi connectivity index (χ1v) is 9.47. The van der Waals surface area contributed by atoms with Gasteiger partial charge in [-0.05, 0) is 48.7 Å². The van der Waals surface area contributed by atoms with Crippen LogP contribution in [0.15, 0.2) is 47.4 Å². The third kappa shape index (κ3) is 3.39. The first-order valence-electron chi connectivity index (χ1n) is 7.98. The Morgan fingerprint density at radius 1 is 1.21 bits per heavy atom. The fourth-order valence-electron chi connectivity index (χ4n) is 3.06. The molecule has 0 radical (unpaired) electrons. The van der Waals surface area contributed by atoms with Gasteiger partial charge in [0.15, 0.2) is 0 Å². The van der Waals surface area contributed by atoms with E-state index in [1.165, 1.54) is 11.3 Å². The third-order valence-corrected chi connectivity index (χ3v) is 5.79. The Balaban J connectivity index is 1.63. The van der Waals surface area contributed by atoms with E-state index in [1.807, 2.05) is 19.1 Å². The van der Waals surface area contributed by atoms with E-state index in [1.54, 1.807) is 25.3 Å². The van der Waals surface area contributed by atoms with Gasteiger partial charge in [-0.2, -0.15) is 0 Å². The lowest BCUT2D eigenvalue weighted by atomic mass is 10.2. The molecule has 1 N–H and O–H groups in total. The molecule has 0 saturated carbocycles. The Kier molecular flexibility index (Phi) is 4.78. The summed E-state index contributed by atoms with van der Waals surface area (Å²) in [7, 11) is -1.94. The average Bonchev–Trinajstić information content (AvgIpc) is 2.98. The molecule has 1 aliphatic rings. The van der Waals surface area contributed by atoms with Crippen molar-refractivity contribution in [2.24, 2.45) is 0 Å². The van der Waals surface area contributed by atoms with Crippen LogP contribution in [0.2, 0.25) is 0 Å². The monoisotopic (exact) mass is 346 g/mol. The second kappa shape index (κ2) is 6.83. The zero-order chi connectivity index (χ0) is 17.2. The molecule has 0 atom stereocenters. The van der Waals surface area contributed by atoms with E-state index in [0.29, 0.717) is 18.8 Å². The summed E-state index contributed by atoms with van der Waals surface area (Å²) in [5.41, 5.74) is 3.33. The molecule has 128 valence electrons. The van der Waals surface area contributed by atoms with Gasteiger partial charge in [0.25, 0.3) is 0 Å². The molecule has 1 aliphatic heterocycles. The Bertz CT molecular complexity index is 834. The zero-order valence-electron chi connectivity index (χ0n) is 14.0. The number of anilines is 1. The Morgan fingerprint density at radius 2 is 2.00 bits per heavy atom. The summed E-state index contributed by atoms with van der Waals surface area (Å²) >= 11 is 0. The second-order valence-electron chi connectivity index (χ2n) is 5.89. The van der Waals surface area contributed by atoms with Crippen LogP contribution in [0.25, 0.3) is 0 Å². The maximum Gasteiger partial charge on any atom is 0.240 e. The van der Waals surface area contributed by atoms with Crippen LogP contribution in [0.1, 0.15) is 11.1 Å². The molecule has 3 rings (SSSR count). The number of hydrogen-bond donors (Lipinski definition) is 1. The first-order chi connectivity index (χ1) is 11.5. The van der Waals surface area contributed by atoms with E-state index in [2.05, 4.69) is 21.8 Å². The molecule has 1 heterocycles. The first kappa shape index (κ1) is 16.8. The van der Waals surface area contributed by atoms with Gasteiger partial charge in [-0.1, -0.05) is 18.2 Å². The fourth-order valence-corrected chi connectivity index (χ4v) is 4.16. The van der Waals surface area contributed by atoms with Crippen LogP contribution in [-0.2, 0) is 16.4 Å². The standard InChI is InChI=1S/C18H22N2O3S/c1-14-13-16(7-8-18(14)23-2)24(21,22)19-10-12-20-11-9-15-5-3-4-6-17(15)20/h3-8,13,19H,9-12H2,1-2H3. The molecule has 0 unspecified atom stereocenters. The van der Waals surface area contributed by atoms with Crippen LogP contribution in [0, 0.1) is 6.92 Å². The van der Waals surface area contributed by atoms with Crippen molar-refractivity contribution in [2.75, 3.05) is 31.6 Å². The Labute approximate surface area is 143 Å². The zero-order valence-corrected chi connectivity index (χ0v) is 14.8. The largest absolute Gasteiger partial charge is 0.496 e. The lowest BCUT2D eigenvalue weighted by molar-refractivity contribution is 0.411. The van der Waals surface area contributed by atoms with Gasteiger partial charge in [-0.25, -0.2) is 13.1 Å². The molecule has 2 aromatic rings. The summed E-state index contributed by atoms with van der Waals surface area (Å²) in [6.07, 6.45) is 1.01. The van der Waals surface area contributed by atoms with E-state index in [0.717, 1.165) is 18.5 Å². The number of ether oxygens (including phenoxy) is 1. The minimum absolute atomic E-state index is 0.266. The van der Waals surface area contributed by atoms with Gasteiger partial charge in [0.1, 0.15) is 5.75 Å². The van der Waals surface area contributed by atoms with E-state index in [-0.39, 0.29) is 4.90 Å². The predicted molar refractivity (Wildman–Crippen MR) is 95.3 cm³/mol. The van der Waals surface area contributed by atoms with E-state index < -0.39 is 10.0 Å². The molecular formula is C18H22N2O3S. The summed E-state index contributed by atoms with van der Waals surface area (Å²) in [4.78, 5) is 2.49. The van der Waals surface area contributed by atoms with Crippen molar-refractivity contribution in [3.63, 3.8) is 0 Å². The van der Waals surface area contributed by atoms with Crippen molar-refractivity contribution in [2.45, 2.75) is 18.2 Å². The van der Waals surface area contributed by atoms with Crippen LogP contribution < -0.4 is 14.4 Å². The number of benzene rings is 2. The summed E-state index contributed by atoms with van der Waals surface area (Å²) in [5, 5.41) is 0. The van der Waals surface area contributed by atoms with Crippen molar-refractivity contribution in [3.05, 3.63) is 53.6 Å². The number of nitrogens with zero attached hydrogens (tertiary/aromatic N) is 1. The number of fused-ring (bicyclic) bond motifs is 1. The van der Waals surface area contributed by atoms with Gasteiger partial charge < -0.3 is 9.64 Å². The number of aryl methyl sites for hydroxylation is 1. The van der Waals surface area contributed by atoms with Crippen LogP contribution in [-0.4, -0.2) is 35.2 Å². The molecule has 0 saturated heterocycles. The highest BCUT2D eigenvalue weighted by molar-refractivity contribution is 7.89. The molecular weight excluding hydrogens is 324 g/mol. The van der Waals surface area contributed by atoms with E-state index in [4.69, 9.17) is 4.74 Å². The van der Waals surface area contributed by atoms with Gasteiger partial charge in [0.05, 0.1) is 12.0 Å². The number of nitrogens with one attached hydrogen (secondary N) is 1. The highest BCUT2D eigenvalue weighted by Gasteiger charge is 2.19. The van der Waals surface area contributed by atoms with E-state index in [9.17, 15) is 8.42 Å². The molecule has 0 fully saturated rings. The number of sulfonamides is 1. The van der Waals surface area contributed by atoms with Gasteiger partial charge >= 0.3 is 0 Å². The normalized spacial score (nSPS) is 13.8. The third-order valence-electron chi connectivity index (χ3n) is 4.33. The summed E-state index contributed by atoms with van der Waals surface area (Å²) in [6.45, 7) is 3.80. The maximum atomic E-state index is 12.4. The highest BCUT2D eigenvalue weighted by atomic mass is 32.2. The molecule has 5 nitrogen and oxygen atoms in total. The lowest BCUT2D eigenvalue weighted by Gasteiger charge is -2.19. The second-order valence-corrected chi connectivity index (χ2v) is 7.66. The van der Waals surface area contributed by atoms with Gasteiger partial charge in [-0.3, -0.25) is 0 Å². The summed E-state index contributed by atoms with van der Waals surface area (Å²) in [5.74, 6) is 0.683. The fraction of sp³-hybridized carbons (Fsp3) is 0.333. The Morgan fingerprint density at radius 3 is 2.75 bits per heavy atom. The lowest BCUT2D eigenvalue weighted by Crippen LogP contribution is -2.34. The van der Waals surface area contributed by atoms with Crippen molar-refractivity contribution in [3.8, 4) is 5.75 Å². The maximum absolute atomic E-state index is 12.4. The molecule has 0 amide bonds. The minimum Gasteiger partial charge on any atom is -0.496 e. The molecule has 24 heavy (non-hydrogen) atoms. The Hall–Kier alpha value is -2.05. The molecule has 2 aromatic carbocycles. The van der Waals surface area contributed by atoms with Crippen molar-refractivity contribution < 1.29 is 13.2 Å². The quantitative estimate of drug-likeness (QED) is 0.872. The van der Waals surface area contributed by atoms with Crippen LogP contribution in [0.5, 0.6) is 5.75 Å². The topological polar surface area (TPSA) is 58.6 Å². The number of hydrogen-bond acceptors (Lipinski definition) is 4. The summed E-state index contributed by atoms with van der Waals surface area (Å²) in [6, 6.07) is 13.1. The molecule has 0 aromatic heterocycles. The van der Waals surface area contributed by atoms with Crippen molar-refractivity contribution in [1.29, 1.82) is 0 Å². The number of methoxy groups -OCH3 is 1. The number of rotatable bonds is 6. The highest BCUT2D eigenvalue weighted by Crippen LogP contribution is 2.26.